The van der Waals surface area contributed by atoms with Crippen molar-refractivity contribution in [2.24, 2.45) is 5.92 Å². The van der Waals surface area contributed by atoms with Crippen molar-refractivity contribution < 1.29 is 14.2 Å². The fraction of sp³-hybridized carbons (Fsp3) is 1.00. The first-order chi connectivity index (χ1) is 7.70. The van der Waals surface area contributed by atoms with Crippen LogP contribution in [0.4, 0.5) is 0 Å². The van der Waals surface area contributed by atoms with Crippen LogP contribution in [0.25, 0.3) is 0 Å². The average molecular weight is 283 g/mol. The Morgan fingerprint density at radius 1 is 1.00 bits per heavy atom. The molecule has 17 heavy (non-hydrogen) atoms. The summed E-state index contributed by atoms with van der Waals surface area (Å²) in [6, 6.07) is 0. The van der Waals surface area contributed by atoms with Crippen LogP contribution < -0.4 is 0 Å². The van der Waals surface area contributed by atoms with Crippen molar-refractivity contribution >= 4 is 23.6 Å². The number of methoxy groups -OCH3 is 3. The third-order valence-electron chi connectivity index (χ3n) is 2.97. The molecule has 0 rings (SSSR count). The quantitative estimate of drug-likeness (QED) is 0.375. The number of unbranched alkanes of at least 4 members (excludes halogenated alkanes) is 1. The Bertz CT molecular complexity index is 150. The molecule has 0 bridgehead atoms. The number of thiol groups is 1. The van der Waals surface area contributed by atoms with Gasteiger partial charge in [-0.25, -0.2) is 0 Å². The van der Waals surface area contributed by atoms with Crippen LogP contribution in [0, 0.1) is 5.92 Å². The van der Waals surface area contributed by atoms with E-state index in [0.717, 1.165) is 31.4 Å². The number of hydrogen-bond donors (Lipinski definition) is 1. The van der Waals surface area contributed by atoms with Crippen molar-refractivity contribution in [3.8, 4) is 0 Å². The topological polar surface area (TPSA) is 27.7 Å². The molecule has 1 atom stereocenters. The predicted octanol–water partition coefficient (Wildman–Crippen LogP) is 1.64. The first-order valence-electron chi connectivity index (χ1n) is 5.97. The van der Waals surface area contributed by atoms with E-state index in [9.17, 15) is 0 Å². The highest BCUT2D eigenvalue weighted by atomic mass is 32.1. The van der Waals surface area contributed by atoms with E-state index in [2.05, 4.69) is 19.6 Å². The lowest BCUT2D eigenvalue weighted by Gasteiger charge is -2.36. The minimum atomic E-state index is -0.891. The monoisotopic (exact) mass is 282 g/mol. The first-order valence-corrected chi connectivity index (χ1v) is 6.60. The standard InChI is InChI=1S/C12H26O3S.H4Si/c1-5-6-8-11(9-7-10-16)12(13-2,14-3)15-4;/h11,16H,5-10H2,1-4H3;1H4. The molecule has 0 aromatic heterocycles. The van der Waals surface area contributed by atoms with E-state index in [0.29, 0.717) is 0 Å². The molecule has 0 saturated carbocycles. The lowest BCUT2D eigenvalue weighted by Crippen LogP contribution is -2.44. The largest absolute Gasteiger partial charge is 0.331 e. The van der Waals surface area contributed by atoms with E-state index in [1.807, 2.05) is 0 Å². The first kappa shape index (κ1) is 19.8. The molecule has 0 aliphatic heterocycles. The van der Waals surface area contributed by atoms with Gasteiger partial charge in [0, 0.05) is 27.2 Å². The Kier molecular flexibility index (Phi) is 13.4. The Labute approximate surface area is 116 Å². The molecule has 0 heterocycles. The lowest BCUT2D eigenvalue weighted by atomic mass is 9.94. The van der Waals surface area contributed by atoms with Crippen LogP contribution in [0.5, 0.6) is 0 Å². The molecule has 0 saturated heterocycles. The summed E-state index contributed by atoms with van der Waals surface area (Å²) in [6.45, 7) is 2.18. The maximum atomic E-state index is 5.42. The molecule has 0 aromatic rings. The fourth-order valence-electron chi connectivity index (χ4n) is 2.04. The van der Waals surface area contributed by atoms with E-state index >= 15 is 0 Å². The van der Waals surface area contributed by atoms with Gasteiger partial charge >= 0.3 is 0 Å². The molecule has 0 amide bonds. The normalized spacial score (nSPS) is 13.2. The SMILES string of the molecule is CCCCC(CCCS)C(OC)(OC)OC.[SiH4]. The maximum absolute atomic E-state index is 5.42. The van der Waals surface area contributed by atoms with Crippen molar-refractivity contribution in [3.05, 3.63) is 0 Å². The van der Waals surface area contributed by atoms with Crippen molar-refractivity contribution in [1.82, 2.24) is 0 Å². The highest BCUT2D eigenvalue weighted by molar-refractivity contribution is 7.80. The average Bonchev–Trinajstić information content (AvgIpc) is 2.34. The molecule has 0 fully saturated rings. The van der Waals surface area contributed by atoms with E-state index in [1.54, 1.807) is 21.3 Å². The Balaban J connectivity index is 0. The van der Waals surface area contributed by atoms with Crippen LogP contribution in [0.3, 0.4) is 0 Å². The third kappa shape index (κ3) is 6.24. The van der Waals surface area contributed by atoms with Crippen LogP contribution in [-0.4, -0.2) is 44.0 Å². The van der Waals surface area contributed by atoms with Crippen LogP contribution in [-0.2, 0) is 14.2 Å². The summed E-state index contributed by atoms with van der Waals surface area (Å²) in [5.41, 5.74) is 0. The summed E-state index contributed by atoms with van der Waals surface area (Å²) in [4.78, 5) is 0. The molecule has 0 aromatic carbocycles. The lowest BCUT2D eigenvalue weighted by molar-refractivity contribution is -0.380. The third-order valence-corrected chi connectivity index (χ3v) is 3.29. The van der Waals surface area contributed by atoms with Gasteiger partial charge < -0.3 is 14.2 Å². The predicted molar refractivity (Wildman–Crippen MR) is 81.2 cm³/mol. The van der Waals surface area contributed by atoms with Gasteiger partial charge in [0.05, 0.1) is 0 Å². The van der Waals surface area contributed by atoms with Gasteiger partial charge in [-0.2, -0.15) is 12.6 Å². The van der Waals surface area contributed by atoms with Crippen LogP contribution in [0.1, 0.15) is 39.0 Å². The van der Waals surface area contributed by atoms with Gasteiger partial charge in [0.15, 0.2) is 0 Å². The maximum Gasteiger partial charge on any atom is 0.285 e. The zero-order valence-electron chi connectivity index (χ0n) is 11.0. The van der Waals surface area contributed by atoms with Crippen molar-refractivity contribution in [2.45, 2.75) is 45.0 Å². The highest BCUT2D eigenvalue weighted by Crippen LogP contribution is 2.31. The number of hydrogen-bond acceptors (Lipinski definition) is 4. The van der Waals surface area contributed by atoms with E-state index < -0.39 is 5.97 Å². The molecule has 0 spiro atoms. The molecule has 106 valence electrons. The summed E-state index contributed by atoms with van der Waals surface area (Å²) in [6.07, 6.45) is 5.45. The van der Waals surface area contributed by atoms with E-state index in [4.69, 9.17) is 14.2 Å². The second-order valence-corrected chi connectivity index (χ2v) is 4.37. The van der Waals surface area contributed by atoms with Crippen LogP contribution in [0.2, 0.25) is 0 Å². The van der Waals surface area contributed by atoms with Crippen molar-refractivity contribution in [2.75, 3.05) is 27.1 Å². The van der Waals surface area contributed by atoms with Gasteiger partial charge in [0.25, 0.3) is 5.97 Å². The van der Waals surface area contributed by atoms with Gasteiger partial charge in [0.2, 0.25) is 0 Å². The zero-order chi connectivity index (χ0) is 12.4. The highest BCUT2D eigenvalue weighted by Gasteiger charge is 2.38. The van der Waals surface area contributed by atoms with Gasteiger partial charge in [-0.05, 0) is 36.0 Å². The summed E-state index contributed by atoms with van der Waals surface area (Å²) in [5, 5.41) is 0. The summed E-state index contributed by atoms with van der Waals surface area (Å²) in [7, 11) is 4.89. The molecule has 5 heteroatoms. The van der Waals surface area contributed by atoms with Gasteiger partial charge in [0.1, 0.15) is 0 Å². The smallest absolute Gasteiger partial charge is 0.285 e. The molecular formula is C12H30O3SSi. The Morgan fingerprint density at radius 3 is 1.82 bits per heavy atom. The molecule has 0 N–H and O–H groups in total. The van der Waals surface area contributed by atoms with E-state index in [-0.39, 0.29) is 16.9 Å². The van der Waals surface area contributed by atoms with Crippen molar-refractivity contribution in [1.29, 1.82) is 0 Å². The molecule has 1 unspecified atom stereocenters. The zero-order valence-corrected chi connectivity index (χ0v) is 11.9. The van der Waals surface area contributed by atoms with Gasteiger partial charge in [-0.1, -0.05) is 19.8 Å². The van der Waals surface area contributed by atoms with E-state index in [1.165, 1.54) is 6.42 Å². The molecular weight excluding hydrogens is 252 g/mol. The second kappa shape index (κ2) is 11.5. The molecule has 0 aliphatic rings. The van der Waals surface area contributed by atoms with Crippen molar-refractivity contribution in [3.63, 3.8) is 0 Å². The van der Waals surface area contributed by atoms with Crippen LogP contribution >= 0.6 is 12.6 Å². The Hall–Kier alpha value is 0.447. The molecule has 0 aliphatic carbocycles. The minimum Gasteiger partial charge on any atom is -0.331 e. The second-order valence-electron chi connectivity index (χ2n) is 3.92. The van der Waals surface area contributed by atoms with Crippen LogP contribution in [0.15, 0.2) is 0 Å². The molecule has 3 nitrogen and oxygen atoms in total. The Morgan fingerprint density at radius 2 is 1.47 bits per heavy atom. The fourth-order valence-corrected chi connectivity index (χ4v) is 2.22. The summed E-state index contributed by atoms with van der Waals surface area (Å²) < 4.78 is 16.3. The van der Waals surface area contributed by atoms with Gasteiger partial charge in [-0.15, -0.1) is 0 Å². The molecule has 0 radical (unpaired) electrons. The van der Waals surface area contributed by atoms with Gasteiger partial charge in [-0.3, -0.25) is 0 Å². The minimum absolute atomic E-state index is 0. The number of rotatable bonds is 10. The number of ether oxygens (including phenoxy) is 3. The summed E-state index contributed by atoms with van der Waals surface area (Å²) in [5.74, 6) is 0.258. The summed E-state index contributed by atoms with van der Waals surface area (Å²) >= 11 is 4.25.